The molecule has 2 saturated carbocycles. The predicted molar refractivity (Wildman–Crippen MR) is 85.8 cm³/mol. The number of carbonyl (C=O) groups is 1. The summed E-state index contributed by atoms with van der Waals surface area (Å²) in [5.74, 6) is 2.47. The van der Waals surface area contributed by atoms with Gasteiger partial charge in [-0.15, -0.1) is 0 Å². The van der Waals surface area contributed by atoms with Gasteiger partial charge in [0.2, 0.25) is 5.91 Å². The lowest BCUT2D eigenvalue weighted by Gasteiger charge is -2.34. The summed E-state index contributed by atoms with van der Waals surface area (Å²) >= 11 is 0. The number of nitrogens with one attached hydrogen (secondary N) is 1. The summed E-state index contributed by atoms with van der Waals surface area (Å²) in [5.41, 5.74) is -0.199. The molecule has 2 aliphatic carbocycles. The van der Waals surface area contributed by atoms with E-state index in [4.69, 9.17) is 0 Å². The third-order valence-electron chi connectivity index (χ3n) is 6.02. The lowest BCUT2D eigenvalue weighted by atomic mass is 9.82. The molecule has 1 heterocycles. The molecule has 120 valence electrons. The highest BCUT2D eigenvalue weighted by Gasteiger charge is 2.53. The predicted octanol–water partition coefficient (Wildman–Crippen LogP) is 3.54. The summed E-state index contributed by atoms with van der Waals surface area (Å²) in [6, 6.07) is 0. The van der Waals surface area contributed by atoms with E-state index >= 15 is 0 Å². The monoisotopic (exact) mass is 292 g/mol. The normalized spacial score (nSPS) is 36.1. The Balaban J connectivity index is 1.73. The largest absolute Gasteiger partial charge is 0.325 e. The molecule has 0 bridgehead atoms. The summed E-state index contributed by atoms with van der Waals surface area (Å²) in [5, 5.41) is 3.74. The average molecular weight is 292 g/mol. The third-order valence-corrected chi connectivity index (χ3v) is 6.02. The van der Waals surface area contributed by atoms with Crippen molar-refractivity contribution < 1.29 is 4.79 Å². The van der Waals surface area contributed by atoms with Crippen molar-refractivity contribution in [2.24, 2.45) is 17.8 Å². The van der Waals surface area contributed by atoms with Gasteiger partial charge in [-0.1, -0.05) is 46.5 Å². The Hall–Kier alpha value is -0.570. The second kappa shape index (κ2) is 5.91. The minimum absolute atomic E-state index is 0.199. The van der Waals surface area contributed by atoms with Crippen LogP contribution in [0.3, 0.4) is 0 Å². The van der Waals surface area contributed by atoms with Crippen LogP contribution in [0, 0.1) is 17.8 Å². The number of hydrogen-bond acceptors (Lipinski definition) is 2. The maximum Gasteiger partial charge on any atom is 0.244 e. The Morgan fingerprint density at radius 2 is 1.95 bits per heavy atom. The first kappa shape index (κ1) is 15.3. The summed E-state index contributed by atoms with van der Waals surface area (Å²) < 4.78 is 0. The van der Waals surface area contributed by atoms with Crippen LogP contribution in [0.5, 0.6) is 0 Å². The average Bonchev–Trinajstić information content (AvgIpc) is 3.00. The molecule has 0 aromatic rings. The van der Waals surface area contributed by atoms with Gasteiger partial charge < -0.3 is 4.90 Å². The van der Waals surface area contributed by atoms with Crippen LogP contribution in [0.25, 0.3) is 0 Å². The molecule has 3 nitrogen and oxygen atoms in total. The van der Waals surface area contributed by atoms with Gasteiger partial charge in [0.1, 0.15) is 0 Å². The lowest BCUT2D eigenvalue weighted by Crippen LogP contribution is -2.45. The van der Waals surface area contributed by atoms with Gasteiger partial charge in [-0.2, -0.15) is 0 Å². The van der Waals surface area contributed by atoms with Crippen molar-refractivity contribution in [2.45, 2.75) is 83.8 Å². The molecule has 3 unspecified atom stereocenters. The van der Waals surface area contributed by atoms with E-state index in [0.29, 0.717) is 11.8 Å². The first-order valence-corrected chi connectivity index (χ1v) is 9.10. The zero-order chi connectivity index (χ0) is 15.0. The number of rotatable bonds is 3. The quantitative estimate of drug-likeness (QED) is 0.863. The topological polar surface area (TPSA) is 32.3 Å². The molecule has 1 aliphatic heterocycles. The van der Waals surface area contributed by atoms with Crippen LogP contribution >= 0.6 is 0 Å². The van der Waals surface area contributed by atoms with Crippen molar-refractivity contribution in [2.75, 3.05) is 6.54 Å². The van der Waals surface area contributed by atoms with Crippen molar-refractivity contribution >= 4 is 5.91 Å². The molecule has 1 amide bonds. The van der Waals surface area contributed by atoms with Gasteiger partial charge in [-0.25, -0.2) is 0 Å². The van der Waals surface area contributed by atoms with Crippen molar-refractivity contribution in [3.8, 4) is 0 Å². The van der Waals surface area contributed by atoms with E-state index in [2.05, 4.69) is 31.0 Å². The summed E-state index contributed by atoms with van der Waals surface area (Å²) in [7, 11) is 0. The number of amides is 1. The first-order chi connectivity index (χ1) is 10.0. The van der Waals surface area contributed by atoms with E-state index in [-0.39, 0.29) is 11.7 Å². The van der Waals surface area contributed by atoms with Crippen molar-refractivity contribution in [1.82, 2.24) is 10.2 Å². The van der Waals surface area contributed by atoms with Gasteiger partial charge in [0.05, 0.1) is 11.7 Å². The van der Waals surface area contributed by atoms with E-state index in [0.717, 1.165) is 31.2 Å². The highest BCUT2D eigenvalue weighted by atomic mass is 16.2. The Morgan fingerprint density at radius 3 is 2.57 bits per heavy atom. The fourth-order valence-electron chi connectivity index (χ4n) is 4.89. The number of nitrogens with zero attached hydrogens (tertiary/aromatic N) is 1. The molecule has 3 fully saturated rings. The molecule has 1 N–H and O–H groups in total. The van der Waals surface area contributed by atoms with Crippen molar-refractivity contribution in [3.05, 3.63) is 0 Å². The molecule has 0 aromatic carbocycles. The smallest absolute Gasteiger partial charge is 0.244 e. The second-order valence-corrected chi connectivity index (χ2v) is 8.22. The van der Waals surface area contributed by atoms with Crippen LogP contribution < -0.4 is 5.32 Å². The molecular weight excluding hydrogens is 260 g/mol. The van der Waals surface area contributed by atoms with Crippen LogP contribution in [0.2, 0.25) is 0 Å². The fourth-order valence-corrected chi connectivity index (χ4v) is 4.89. The number of carbonyl (C=O) groups excluding carboxylic acids is 1. The van der Waals surface area contributed by atoms with Gasteiger partial charge in [0.25, 0.3) is 0 Å². The van der Waals surface area contributed by atoms with E-state index in [1.54, 1.807) is 0 Å². The van der Waals surface area contributed by atoms with Crippen molar-refractivity contribution in [3.63, 3.8) is 0 Å². The molecule has 0 aromatic heterocycles. The van der Waals surface area contributed by atoms with E-state index in [1.807, 2.05) is 0 Å². The minimum atomic E-state index is -0.199. The Bertz CT molecular complexity index is 387. The SMILES string of the molecule is CC1CCCC(CN2C(=O)C3(CCCC3)NC2C(C)C)C1. The van der Waals surface area contributed by atoms with E-state index in [1.165, 1.54) is 38.5 Å². The second-order valence-electron chi connectivity index (χ2n) is 8.22. The van der Waals surface area contributed by atoms with Gasteiger partial charge in [0.15, 0.2) is 0 Å². The van der Waals surface area contributed by atoms with Crippen LogP contribution in [-0.2, 0) is 4.79 Å². The zero-order valence-electron chi connectivity index (χ0n) is 14.0. The van der Waals surface area contributed by atoms with E-state index < -0.39 is 0 Å². The van der Waals surface area contributed by atoms with Gasteiger partial charge in [-0.05, 0) is 43.4 Å². The minimum Gasteiger partial charge on any atom is -0.325 e. The molecule has 3 heteroatoms. The lowest BCUT2D eigenvalue weighted by molar-refractivity contribution is -0.134. The zero-order valence-corrected chi connectivity index (χ0v) is 14.0. The molecule has 3 aliphatic rings. The van der Waals surface area contributed by atoms with Crippen molar-refractivity contribution in [1.29, 1.82) is 0 Å². The molecule has 1 spiro atoms. The third kappa shape index (κ3) is 2.86. The molecule has 0 radical (unpaired) electrons. The van der Waals surface area contributed by atoms with E-state index in [9.17, 15) is 4.79 Å². The Kier molecular flexibility index (Phi) is 4.31. The Morgan fingerprint density at radius 1 is 1.24 bits per heavy atom. The summed E-state index contributed by atoms with van der Waals surface area (Å²) in [4.78, 5) is 15.3. The molecule has 21 heavy (non-hydrogen) atoms. The fraction of sp³-hybridized carbons (Fsp3) is 0.944. The maximum atomic E-state index is 13.1. The highest BCUT2D eigenvalue weighted by molar-refractivity contribution is 5.89. The summed E-state index contributed by atoms with van der Waals surface area (Å²) in [6.07, 6.45) is 10.1. The standard InChI is InChI=1S/C18H32N2O/c1-13(2)16-19-18(9-4-5-10-18)17(21)20(16)12-15-8-6-7-14(3)11-15/h13-16,19H,4-12H2,1-3H3. The summed E-state index contributed by atoms with van der Waals surface area (Å²) in [6.45, 7) is 7.85. The maximum absolute atomic E-state index is 13.1. The molecule has 3 rings (SSSR count). The number of hydrogen-bond donors (Lipinski definition) is 1. The van der Waals surface area contributed by atoms with Crippen LogP contribution in [0.4, 0.5) is 0 Å². The molecular formula is C18H32N2O. The molecule has 3 atom stereocenters. The first-order valence-electron chi connectivity index (χ1n) is 9.10. The van der Waals surface area contributed by atoms with Gasteiger partial charge in [-0.3, -0.25) is 10.1 Å². The van der Waals surface area contributed by atoms with Crippen LogP contribution in [0.15, 0.2) is 0 Å². The van der Waals surface area contributed by atoms with Gasteiger partial charge in [0, 0.05) is 6.54 Å². The van der Waals surface area contributed by atoms with Gasteiger partial charge >= 0.3 is 0 Å². The van der Waals surface area contributed by atoms with Crippen LogP contribution in [0.1, 0.15) is 72.1 Å². The Labute approximate surface area is 129 Å². The molecule has 1 saturated heterocycles. The highest BCUT2D eigenvalue weighted by Crippen LogP contribution is 2.39. The van der Waals surface area contributed by atoms with Crippen LogP contribution in [-0.4, -0.2) is 29.1 Å².